The lowest BCUT2D eigenvalue weighted by Crippen LogP contribution is -2.46. The number of para-hydroxylation sites is 1. The van der Waals surface area contributed by atoms with E-state index in [1.165, 1.54) is 0 Å². The summed E-state index contributed by atoms with van der Waals surface area (Å²) in [6, 6.07) is 18.6. The summed E-state index contributed by atoms with van der Waals surface area (Å²) in [6.45, 7) is 5.00. The molecule has 0 unspecified atom stereocenters. The number of hydrogen-bond acceptors (Lipinski definition) is 8. The van der Waals surface area contributed by atoms with E-state index in [4.69, 9.17) is 23.4 Å². The van der Waals surface area contributed by atoms with E-state index in [0.29, 0.717) is 62.3 Å². The van der Waals surface area contributed by atoms with Crippen LogP contribution in [0.2, 0.25) is 0 Å². The number of rotatable bonds is 16. The van der Waals surface area contributed by atoms with Gasteiger partial charge in [-0.25, -0.2) is 0 Å². The maximum Gasteiger partial charge on any atom is 0.260 e. The first-order chi connectivity index (χ1) is 20.6. The molecule has 0 atom stereocenters. The van der Waals surface area contributed by atoms with Crippen molar-refractivity contribution in [1.29, 1.82) is 0 Å². The van der Waals surface area contributed by atoms with Gasteiger partial charge in [0, 0.05) is 32.7 Å². The number of amides is 2. The van der Waals surface area contributed by atoms with E-state index in [2.05, 4.69) is 4.90 Å². The van der Waals surface area contributed by atoms with Crippen molar-refractivity contribution in [2.24, 2.45) is 0 Å². The predicted octanol–water partition coefficient (Wildman–Crippen LogP) is 3.50. The van der Waals surface area contributed by atoms with E-state index in [1.54, 1.807) is 48.5 Å². The Kier molecular flexibility index (Phi) is 12.1. The van der Waals surface area contributed by atoms with Gasteiger partial charge in [0.05, 0.1) is 46.8 Å². The Hall–Kier alpha value is -4.02. The zero-order valence-corrected chi connectivity index (χ0v) is 24.5. The van der Waals surface area contributed by atoms with Crippen molar-refractivity contribution in [2.45, 2.75) is 19.4 Å². The van der Waals surface area contributed by atoms with E-state index in [0.717, 1.165) is 31.6 Å². The Morgan fingerprint density at radius 2 is 1.67 bits per heavy atom. The topological polar surface area (TPSA) is 93.9 Å². The Morgan fingerprint density at radius 3 is 2.38 bits per heavy atom. The summed E-state index contributed by atoms with van der Waals surface area (Å²) in [5.41, 5.74) is 1.000. The molecule has 0 spiro atoms. The van der Waals surface area contributed by atoms with Crippen molar-refractivity contribution in [3.8, 4) is 17.2 Å². The maximum absolute atomic E-state index is 13.7. The molecule has 1 aliphatic heterocycles. The molecule has 10 heteroatoms. The number of benzene rings is 2. The highest BCUT2D eigenvalue weighted by Crippen LogP contribution is 2.28. The summed E-state index contributed by atoms with van der Waals surface area (Å²) in [5.74, 6) is 2.18. The van der Waals surface area contributed by atoms with Crippen LogP contribution in [-0.4, -0.2) is 99.8 Å². The van der Waals surface area contributed by atoms with Crippen molar-refractivity contribution < 1.29 is 33.0 Å². The lowest BCUT2D eigenvalue weighted by Gasteiger charge is -2.29. The van der Waals surface area contributed by atoms with Crippen LogP contribution in [0.3, 0.4) is 0 Å². The number of carbonyl (C=O) groups is 2. The molecule has 2 amide bonds. The number of ether oxygens (including phenoxy) is 4. The Morgan fingerprint density at radius 1 is 0.881 bits per heavy atom. The standard InChI is InChI=1S/C32H41N3O7/c1-38-29-12-11-26(22-30(29)39-2)13-16-35(23-28-10-6-19-41-28)31(36)24-34(15-7-14-33-17-20-40-21-18-33)32(37)25-42-27-8-4-3-5-9-27/h3-6,8-12,19,22H,7,13-18,20-21,23-25H2,1-2H3. The van der Waals surface area contributed by atoms with Gasteiger partial charge in [-0.15, -0.1) is 0 Å². The van der Waals surface area contributed by atoms with Crippen molar-refractivity contribution in [3.05, 3.63) is 78.3 Å². The zero-order valence-electron chi connectivity index (χ0n) is 24.5. The summed E-state index contributed by atoms with van der Waals surface area (Å²) < 4.78 is 27.5. The monoisotopic (exact) mass is 579 g/mol. The normalized spacial score (nSPS) is 13.4. The van der Waals surface area contributed by atoms with Crippen LogP contribution in [0, 0.1) is 0 Å². The molecule has 3 aromatic rings. The Labute approximate surface area is 247 Å². The van der Waals surface area contributed by atoms with Gasteiger partial charge >= 0.3 is 0 Å². The van der Waals surface area contributed by atoms with Gasteiger partial charge in [-0.3, -0.25) is 14.5 Å². The highest BCUT2D eigenvalue weighted by molar-refractivity contribution is 5.85. The molecular formula is C32H41N3O7. The zero-order chi connectivity index (χ0) is 29.6. The second-order valence-corrected chi connectivity index (χ2v) is 10.1. The molecule has 10 nitrogen and oxygen atoms in total. The molecule has 1 fully saturated rings. The molecule has 1 saturated heterocycles. The van der Waals surface area contributed by atoms with Crippen molar-refractivity contribution in [2.75, 3.05) is 73.3 Å². The molecule has 4 rings (SSSR count). The number of hydrogen-bond donors (Lipinski definition) is 0. The van der Waals surface area contributed by atoms with Crippen molar-refractivity contribution in [1.82, 2.24) is 14.7 Å². The number of furan rings is 1. The van der Waals surface area contributed by atoms with E-state index in [-0.39, 0.29) is 25.0 Å². The number of carbonyl (C=O) groups excluding carboxylic acids is 2. The molecule has 1 aliphatic rings. The largest absolute Gasteiger partial charge is 0.493 e. The number of nitrogens with zero attached hydrogens (tertiary/aromatic N) is 3. The minimum Gasteiger partial charge on any atom is -0.493 e. The fourth-order valence-corrected chi connectivity index (χ4v) is 4.80. The molecule has 2 aromatic carbocycles. The molecule has 0 N–H and O–H groups in total. The minimum absolute atomic E-state index is 0.0489. The summed E-state index contributed by atoms with van der Waals surface area (Å²) in [7, 11) is 3.20. The van der Waals surface area contributed by atoms with Crippen LogP contribution in [0.5, 0.6) is 17.2 Å². The Bertz CT molecular complexity index is 1230. The minimum atomic E-state index is -0.230. The highest BCUT2D eigenvalue weighted by Gasteiger charge is 2.23. The second-order valence-electron chi connectivity index (χ2n) is 10.1. The fraction of sp³-hybridized carbons (Fsp3) is 0.438. The van der Waals surface area contributed by atoms with Gasteiger partial charge in [0.15, 0.2) is 18.1 Å². The van der Waals surface area contributed by atoms with Gasteiger partial charge in [-0.1, -0.05) is 24.3 Å². The van der Waals surface area contributed by atoms with E-state index < -0.39 is 0 Å². The van der Waals surface area contributed by atoms with Crippen LogP contribution < -0.4 is 14.2 Å². The average molecular weight is 580 g/mol. The fourth-order valence-electron chi connectivity index (χ4n) is 4.80. The second kappa shape index (κ2) is 16.4. The third-order valence-corrected chi connectivity index (χ3v) is 7.19. The first-order valence-electron chi connectivity index (χ1n) is 14.3. The highest BCUT2D eigenvalue weighted by atomic mass is 16.5. The quantitative estimate of drug-likeness (QED) is 0.255. The molecule has 0 radical (unpaired) electrons. The molecule has 0 aliphatic carbocycles. The first-order valence-corrected chi connectivity index (χ1v) is 14.3. The van der Waals surface area contributed by atoms with Crippen LogP contribution in [-0.2, 0) is 27.3 Å². The third-order valence-electron chi connectivity index (χ3n) is 7.19. The van der Waals surface area contributed by atoms with Crippen LogP contribution in [0.1, 0.15) is 17.7 Å². The molecule has 2 heterocycles. The SMILES string of the molecule is COc1ccc(CCN(Cc2ccco2)C(=O)CN(CCCN2CCOCC2)C(=O)COc2ccccc2)cc1OC. The maximum atomic E-state index is 13.7. The van der Waals surface area contributed by atoms with E-state index in [1.807, 2.05) is 42.5 Å². The molecular weight excluding hydrogens is 538 g/mol. The lowest BCUT2D eigenvalue weighted by atomic mass is 10.1. The average Bonchev–Trinajstić information content (AvgIpc) is 3.55. The van der Waals surface area contributed by atoms with Gasteiger partial charge in [0.25, 0.3) is 5.91 Å². The number of methoxy groups -OCH3 is 2. The van der Waals surface area contributed by atoms with Crippen molar-refractivity contribution in [3.63, 3.8) is 0 Å². The first kappa shape index (κ1) is 30.9. The predicted molar refractivity (Wildman–Crippen MR) is 158 cm³/mol. The van der Waals surface area contributed by atoms with Gasteiger partial charge in [0.2, 0.25) is 5.91 Å². The molecule has 0 saturated carbocycles. The summed E-state index contributed by atoms with van der Waals surface area (Å²) in [5, 5.41) is 0. The lowest BCUT2D eigenvalue weighted by molar-refractivity contribution is -0.142. The van der Waals surface area contributed by atoms with Gasteiger partial charge < -0.3 is 33.2 Å². The van der Waals surface area contributed by atoms with Crippen molar-refractivity contribution >= 4 is 11.8 Å². The molecule has 226 valence electrons. The van der Waals surface area contributed by atoms with Crippen LogP contribution in [0.25, 0.3) is 0 Å². The summed E-state index contributed by atoms with van der Waals surface area (Å²) >= 11 is 0. The van der Waals surface area contributed by atoms with Crippen LogP contribution in [0.4, 0.5) is 0 Å². The van der Waals surface area contributed by atoms with Crippen LogP contribution in [0.15, 0.2) is 71.3 Å². The Balaban J connectivity index is 1.43. The van der Waals surface area contributed by atoms with Gasteiger partial charge in [-0.05, 0) is 54.8 Å². The smallest absolute Gasteiger partial charge is 0.260 e. The third kappa shape index (κ3) is 9.53. The van der Waals surface area contributed by atoms with Gasteiger partial charge in [-0.2, -0.15) is 0 Å². The molecule has 0 bridgehead atoms. The van der Waals surface area contributed by atoms with E-state index >= 15 is 0 Å². The van der Waals surface area contributed by atoms with Crippen LogP contribution >= 0.6 is 0 Å². The summed E-state index contributed by atoms with van der Waals surface area (Å²) in [6.07, 6.45) is 2.93. The summed E-state index contributed by atoms with van der Waals surface area (Å²) in [4.78, 5) is 32.7. The van der Waals surface area contributed by atoms with Gasteiger partial charge in [0.1, 0.15) is 11.5 Å². The van der Waals surface area contributed by atoms with E-state index in [9.17, 15) is 9.59 Å². The molecule has 1 aromatic heterocycles. The molecule has 42 heavy (non-hydrogen) atoms. The number of morpholine rings is 1.